The molecule has 0 unspecified atom stereocenters. The zero-order valence-corrected chi connectivity index (χ0v) is 20.4. The molecule has 5 rings (SSSR count). The van der Waals surface area contributed by atoms with Crippen molar-refractivity contribution in [2.45, 2.75) is 0 Å². The molecular weight excluding hydrogens is 483 g/mol. The van der Waals surface area contributed by atoms with E-state index in [0.29, 0.717) is 53.7 Å². The summed E-state index contributed by atoms with van der Waals surface area (Å²) >= 11 is 6.52. The number of carbonyl (C=O) groups excluding carboxylic acids is 1. The summed E-state index contributed by atoms with van der Waals surface area (Å²) in [4.78, 5) is 21.9. The topological polar surface area (TPSA) is 95.7 Å². The maximum absolute atomic E-state index is 14.8. The smallest absolute Gasteiger partial charge is 0.324 e. The van der Waals surface area contributed by atoms with Crippen LogP contribution in [0, 0.1) is 17.1 Å². The molecule has 2 fully saturated rings. The maximum atomic E-state index is 14.8. The van der Waals surface area contributed by atoms with Gasteiger partial charge in [-0.25, -0.2) is 14.2 Å². The number of hydrogen-bond acceptors (Lipinski definition) is 6. The second-order valence-electron chi connectivity index (χ2n) is 8.81. The van der Waals surface area contributed by atoms with E-state index in [0.717, 1.165) is 13.1 Å². The number of phenolic OH excluding ortho intramolecular Hbond substituents is 1. The first-order valence-corrected chi connectivity index (χ1v) is 12.0. The maximum Gasteiger partial charge on any atom is 0.324 e. The summed E-state index contributed by atoms with van der Waals surface area (Å²) in [6.45, 7) is 4.09. The van der Waals surface area contributed by atoms with Crippen LogP contribution in [0.2, 0.25) is 5.02 Å². The quantitative estimate of drug-likeness (QED) is 0.554. The number of anilines is 2. The molecule has 2 amide bonds. The van der Waals surface area contributed by atoms with E-state index in [1.54, 1.807) is 41.1 Å². The Morgan fingerprint density at radius 2 is 1.78 bits per heavy atom. The number of rotatable bonds is 4. The molecule has 8 nitrogen and oxygen atoms in total. The van der Waals surface area contributed by atoms with Crippen molar-refractivity contribution in [2.75, 3.05) is 56.1 Å². The molecule has 2 N–H and O–H groups in total. The van der Waals surface area contributed by atoms with Crippen molar-refractivity contribution in [3.63, 3.8) is 0 Å². The summed E-state index contributed by atoms with van der Waals surface area (Å²) in [7, 11) is 1.72. The molecule has 2 saturated heterocycles. The Bertz CT molecular complexity index is 1390. The third-order valence-corrected chi connectivity index (χ3v) is 6.89. The molecule has 0 aliphatic carbocycles. The number of nitriles is 1. The standard InChI is InChI=1S/C26H24ClFN6O2/c1-32-8-9-34(26(32)36)23-3-2-16(10-21(23)27)19-12-18(28)13-20(25(19)35)17-11-24(22(14-29)31-15-17)33-6-4-30-5-7-33/h2-3,10-13,15,30,35H,4-9H2,1H3. The van der Waals surface area contributed by atoms with Crippen molar-refractivity contribution < 1.29 is 14.3 Å². The van der Waals surface area contributed by atoms with Gasteiger partial charge < -0.3 is 20.2 Å². The van der Waals surface area contributed by atoms with Gasteiger partial charge in [-0.1, -0.05) is 17.7 Å². The highest BCUT2D eigenvalue weighted by Gasteiger charge is 2.28. The fourth-order valence-corrected chi connectivity index (χ4v) is 4.92. The van der Waals surface area contributed by atoms with Gasteiger partial charge in [0.1, 0.15) is 17.6 Å². The van der Waals surface area contributed by atoms with Gasteiger partial charge in [-0.3, -0.25) is 4.90 Å². The highest BCUT2D eigenvalue weighted by molar-refractivity contribution is 6.34. The number of likely N-dealkylation sites (N-methyl/N-ethyl adjacent to an activating group) is 1. The number of amides is 2. The van der Waals surface area contributed by atoms with Crippen molar-refractivity contribution in [3.8, 4) is 34.1 Å². The molecule has 1 aromatic heterocycles. The number of carbonyl (C=O) groups is 1. The number of aromatic hydroxyl groups is 1. The Labute approximate surface area is 213 Å². The Morgan fingerprint density at radius 3 is 2.42 bits per heavy atom. The Kier molecular flexibility index (Phi) is 6.39. The molecule has 3 heterocycles. The van der Waals surface area contributed by atoms with Gasteiger partial charge in [0.2, 0.25) is 0 Å². The van der Waals surface area contributed by atoms with E-state index in [-0.39, 0.29) is 28.6 Å². The van der Waals surface area contributed by atoms with Gasteiger partial charge in [-0.2, -0.15) is 5.26 Å². The van der Waals surface area contributed by atoms with Crippen molar-refractivity contribution in [1.82, 2.24) is 15.2 Å². The number of pyridine rings is 1. The first-order valence-electron chi connectivity index (χ1n) is 11.6. The monoisotopic (exact) mass is 506 g/mol. The number of nitrogens with one attached hydrogen (secondary N) is 1. The molecule has 10 heteroatoms. The van der Waals surface area contributed by atoms with Crippen LogP contribution >= 0.6 is 11.6 Å². The van der Waals surface area contributed by atoms with E-state index in [9.17, 15) is 19.6 Å². The number of urea groups is 1. The molecule has 0 radical (unpaired) electrons. The third kappa shape index (κ3) is 4.30. The summed E-state index contributed by atoms with van der Waals surface area (Å²) in [5.74, 6) is -0.669. The summed E-state index contributed by atoms with van der Waals surface area (Å²) in [5, 5.41) is 24.3. The van der Waals surface area contributed by atoms with Gasteiger partial charge in [-0.15, -0.1) is 0 Å². The molecule has 0 bridgehead atoms. The number of halogens is 2. The lowest BCUT2D eigenvalue weighted by Gasteiger charge is -2.30. The van der Waals surface area contributed by atoms with Crippen LogP contribution in [0.5, 0.6) is 5.75 Å². The molecule has 2 aliphatic heterocycles. The average Bonchev–Trinajstić information content (AvgIpc) is 3.23. The van der Waals surface area contributed by atoms with Crippen LogP contribution in [0.3, 0.4) is 0 Å². The van der Waals surface area contributed by atoms with E-state index < -0.39 is 5.82 Å². The number of hydrogen-bond donors (Lipinski definition) is 2. The molecule has 36 heavy (non-hydrogen) atoms. The van der Waals surface area contributed by atoms with E-state index in [2.05, 4.69) is 21.3 Å². The van der Waals surface area contributed by atoms with Crippen molar-refractivity contribution in [3.05, 3.63) is 59.1 Å². The summed E-state index contributed by atoms with van der Waals surface area (Å²) < 4.78 is 14.8. The molecule has 0 saturated carbocycles. The Balaban J connectivity index is 1.54. The van der Waals surface area contributed by atoms with Gasteiger partial charge in [-0.05, 0) is 35.9 Å². The summed E-state index contributed by atoms with van der Waals surface area (Å²) in [6, 6.07) is 11.2. The predicted molar refractivity (Wildman–Crippen MR) is 137 cm³/mol. The molecular formula is C26H24ClFN6O2. The number of aromatic nitrogens is 1. The van der Waals surface area contributed by atoms with Gasteiger partial charge >= 0.3 is 6.03 Å². The van der Waals surface area contributed by atoms with Crippen LogP contribution in [0.25, 0.3) is 22.3 Å². The Hall–Kier alpha value is -3.87. The van der Waals surface area contributed by atoms with Crippen molar-refractivity contribution in [1.29, 1.82) is 5.26 Å². The zero-order chi connectivity index (χ0) is 25.4. The van der Waals surface area contributed by atoms with Crippen LogP contribution in [-0.2, 0) is 0 Å². The van der Waals surface area contributed by atoms with Crippen LogP contribution in [0.4, 0.5) is 20.6 Å². The lowest BCUT2D eigenvalue weighted by Crippen LogP contribution is -2.43. The van der Waals surface area contributed by atoms with Gasteiger partial charge in [0.25, 0.3) is 0 Å². The second-order valence-corrected chi connectivity index (χ2v) is 9.22. The van der Waals surface area contributed by atoms with Crippen molar-refractivity contribution >= 4 is 29.0 Å². The predicted octanol–water partition coefficient (Wildman–Crippen LogP) is 4.07. The van der Waals surface area contributed by atoms with Crippen LogP contribution in [-0.4, -0.2) is 67.3 Å². The van der Waals surface area contributed by atoms with E-state index in [1.807, 2.05) is 0 Å². The molecule has 0 atom stereocenters. The van der Waals surface area contributed by atoms with Crippen LogP contribution < -0.4 is 15.1 Å². The zero-order valence-electron chi connectivity index (χ0n) is 19.6. The number of benzene rings is 2. The molecule has 0 spiro atoms. The fraction of sp³-hybridized carbons (Fsp3) is 0.269. The lowest BCUT2D eigenvalue weighted by atomic mass is 9.97. The minimum atomic E-state index is -0.539. The normalized spacial score (nSPS) is 15.9. The van der Waals surface area contributed by atoms with E-state index in [4.69, 9.17) is 11.6 Å². The largest absolute Gasteiger partial charge is 0.507 e. The van der Waals surface area contributed by atoms with E-state index in [1.165, 1.54) is 18.3 Å². The highest BCUT2D eigenvalue weighted by Crippen LogP contribution is 2.42. The third-order valence-electron chi connectivity index (χ3n) is 6.58. The van der Waals surface area contributed by atoms with Crippen molar-refractivity contribution in [2.24, 2.45) is 0 Å². The summed E-state index contributed by atoms with van der Waals surface area (Å²) in [5.41, 5.74) is 3.00. The number of phenols is 1. The summed E-state index contributed by atoms with van der Waals surface area (Å²) in [6.07, 6.45) is 1.47. The first-order chi connectivity index (χ1) is 17.4. The first kappa shape index (κ1) is 23.9. The lowest BCUT2D eigenvalue weighted by molar-refractivity contribution is 0.229. The number of nitrogens with zero attached hydrogens (tertiary/aromatic N) is 5. The van der Waals surface area contributed by atoms with Gasteiger partial charge in [0, 0.05) is 69.2 Å². The fourth-order valence-electron chi connectivity index (χ4n) is 4.64. The van der Waals surface area contributed by atoms with Crippen LogP contribution in [0.1, 0.15) is 5.69 Å². The van der Waals surface area contributed by atoms with Gasteiger partial charge in [0.05, 0.1) is 16.4 Å². The molecule has 184 valence electrons. The van der Waals surface area contributed by atoms with E-state index >= 15 is 0 Å². The minimum absolute atomic E-state index is 0.130. The minimum Gasteiger partial charge on any atom is -0.507 e. The molecule has 2 aliphatic rings. The SMILES string of the molecule is CN1CCN(c2ccc(-c3cc(F)cc(-c4cnc(C#N)c(N5CCNCC5)c4)c3O)cc2Cl)C1=O. The highest BCUT2D eigenvalue weighted by atomic mass is 35.5. The molecule has 2 aromatic carbocycles. The number of piperazine rings is 1. The second kappa shape index (κ2) is 9.64. The average molecular weight is 507 g/mol. The Morgan fingerprint density at radius 1 is 1.06 bits per heavy atom. The van der Waals surface area contributed by atoms with Crippen LogP contribution in [0.15, 0.2) is 42.6 Å². The van der Waals surface area contributed by atoms with Gasteiger partial charge in [0.15, 0.2) is 5.69 Å². The molecule has 3 aromatic rings.